The van der Waals surface area contributed by atoms with Crippen molar-refractivity contribution in [3.05, 3.63) is 71.9 Å². The van der Waals surface area contributed by atoms with Crippen molar-refractivity contribution in [2.75, 3.05) is 18.9 Å². The second-order valence-electron chi connectivity index (χ2n) is 17.1. The molecule has 2 aromatic carbocycles. The first-order valence-electron chi connectivity index (χ1n) is 23.4. The standard InChI is InChI=1S/C47H64N10O16S/c48-19-7-6-12-30(51-44(69)33(54-40(65)28(49)13-16-37(59)60)21-26-22-50-29-11-5-4-10-27(26)29)41(66)56-35(23-58)45(70)57-36(24-74)46(71)53-31(14-17-38(61)62)42(67)52-32(15-18-39(63)64)43(68)55-34(47(72)73)20-25-8-2-1-3-9-25/h1-5,8-11,22,28,30-36,50,58,74H,6-7,12-21,23-24,48-49H2,(H,51,69)(H,52,67)(H,53,71)(H,54,65)(H,55,68)(H,56,66)(H,57,70)(H,59,60)(H,61,62)(H,63,64)(H,72,73)/t28-,30-,31-,32-,33-,34-,35-,36-/m0/s1. The van der Waals surface area contributed by atoms with Crippen molar-refractivity contribution in [1.82, 2.24) is 42.2 Å². The van der Waals surface area contributed by atoms with Crippen molar-refractivity contribution in [3.63, 3.8) is 0 Å². The maximum atomic E-state index is 14.0. The monoisotopic (exact) mass is 1060 g/mol. The van der Waals surface area contributed by atoms with Crippen LogP contribution in [0.15, 0.2) is 60.8 Å². The molecule has 0 aliphatic heterocycles. The predicted molar refractivity (Wildman–Crippen MR) is 266 cm³/mol. The summed E-state index contributed by atoms with van der Waals surface area (Å²) >= 11 is 4.11. The lowest BCUT2D eigenvalue weighted by molar-refractivity contribution is -0.143. The number of para-hydroxylation sites is 1. The lowest BCUT2D eigenvalue weighted by Crippen LogP contribution is -2.61. The first-order chi connectivity index (χ1) is 35.2. The maximum absolute atomic E-state index is 14.0. The molecule has 0 bridgehead atoms. The Morgan fingerprint density at radius 2 is 0.959 bits per heavy atom. The van der Waals surface area contributed by atoms with Gasteiger partial charge in [-0.15, -0.1) is 0 Å². The van der Waals surface area contributed by atoms with E-state index >= 15 is 0 Å². The third kappa shape index (κ3) is 20.5. The summed E-state index contributed by atoms with van der Waals surface area (Å²) in [5.74, 6) is -13.2. The summed E-state index contributed by atoms with van der Waals surface area (Å²) in [6.45, 7) is -0.862. The highest BCUT2D eigenvalue weighted by molar-refractivity contribution is 7.80. The summed E-state index contributed by atoms with van der Waals surface area (Å²) < 4.78 is 0. The van der Waals surface area contributed by atoms with Gasteiger partial charge in [-0.25, -0.2) is 4.79 Å². The summed E-state index contributed by atoms with van der Waals surface area (Å²) in [7, 11) is 0. The number of hydrogen-bond donors (Lipinski definition) is 16. The van der Waals surface area contributed by atoms with Gasteiger partial charge >= 0.3 is 23.9 Å². The fraction of sp³-hybridized carbons (Fsp3) is 0.468. The topological polar surface area (TPSA) is 441 Å². The number of hydrogen-bond acceptors (Lipinski definition) is 15. The van der Waals surface area contributed by atoms with E-state index in [4.69, 9.17) is 16.6 Å². The molecule has 0 aliphatic rings. The zero-order chi connectivity index (χ0) is 54.9. The van der Waals surface area contributed by atoms with Crippen LogP contribution in [0.5, 0.6) is 0 Å². The number of rotatable bonds is 34. The number of unbranched alkanes of at least 4 members (excludes halogenated alkanes) is 1. The number of thiol groups is 1. The number of fused-ring (bicyclic) bond motifs is 1. The van der Waals surface area contributed by atoms with E-state index in [1.54, 1.807) is 60.8 Å². The SMILES string of the molecule is NCCCC[C@H](NC(=O)[C@H](Cc1c[nH]c2ccccc12)NC(=O)[C@@H](N)CCC(=O)O)C(=O)N[C@@H](CO)C(=O)N[C@@H](CS)C(=O)N[C@@H](CCC(=O)O)C(=O)N[C@@H](CCC(=O)O)C(=O)N[C@@H](Cc1ccccc1)C(=O)O. The highest BCUT2D eigenvalue weighted by Crippen LogP contribution is 2.20. The Morgan fingerprint density at radius 1 is 0.514 bits per heavy atom. The smallest absolute Gasteiger partial charge is 0.326 e. The molecule has 17 N–H and O–H groups in total. The van der Waals surface area contributed by atoms with E-state index in [-0.39, 0.29) is 38.6 Å². The Balaban J connectivity index is 1.80. The van der Waals surface area contributed by atoms with Crippen LogP contribution in [0, 0.1) is 0 Å². The number of benzene rings is 2. The number of aliphatic carboxylic acids is 4. The predicted octanol–water partition coefficient (Wildman–Crippen LogP) is -2.60. The van der Waals surface area contributed by atoms with Crippen molar-refractivity contribution >= 4 is 88.8 Å². The van der Waals surface area contributed by atoms with E-state index in [0.29, 0.717) is 28.5 Å². The summed E-state index contributed by atoms with van der Waals surface area (Å²) in [5.41, 5.74) is 13.5. The van der Waals surface area contributed by atoms with Gasteiger partial charge in [0, 0.05) is 55.0 Å². The zero-order valence-corrected chi connectivity index (χ0v) is 41.0. The largest absolute Gasteiger partial charge is 0.481 e. The Labute approximate surface area is 429 Å². The van der Waals surface area contributed by atoms with Gasteiger partial charge in [-0.3, -0.25) is 47.9 Å². The molecule has 0 saturated carbocycles. The lowest BCUT2D eigenvalue weighted by atomic mass is 10.0. The minimum Gasteiger partial charge on any atom is -0.481 e. The quantitative estimate of drug-likeness (QED) is 0.0215. The molecule has 1 heterocycles. The molecule has 26 nitrogen and oxygen atoms in total. The minimum absolute atomic E-state index is 0.0610. The molecule has 0 saturated heterocycles. The van der Waals surface area contributed by atoms with Crippen LogP contribution < -0.4 is 48.7 Å². The summed E-state index contributed by atoms with van der Waals surface area (Å²) in [5, 5.41) is 65.2. The summed E-state index contributed by atoms with van der Waals surface area (Å²) in [4.78, 5) is 145. The Hall–Kier alpha value is -7.62. The number of aliphatic hydroxyl groups is 1. The number of carboxylic acids is 4. The maximum Gasteiger partial charge on any atom is 0.326 e. The van der Waals surface area contributed by atoms with E-state index in [0.717, 1.165) is 0 Å². The van der Waals surface area contributed by atoms with Gasteiger partial charge in [0.15, 0.2) is 0 Å². The summed E-state index contributed by atoms with van der Waals surface area (Å²) in [6.07, 6.45) is -1.35. The van der Waals surface area contributed by atoms with E-state index in [1.165, 1.54) is 0 Å². The van der Waals surface area contributed by atoms with Crippen molar-refractivity contribution in [2.45, 2.75) is 119 Å². The number of H-pyrrole nitrogens is 1. The van der Waals surface area contributed by atoms with Crippen LogP contribution in [0.1, 0.15) is 68.9 Å². The van der Waals surface area contributed by atoms with Gasteiger partial charge < -0.3 is 79.2 Å². The second kappa shape index (κ2) is 31.1. The molecule has 7 amide bonds. The van der Waals surface area contributed by atoms with Gasteiger partial charge in [-0.1, -0.05) is 48.5 Å². The molecular formula is C47H64N10O16S. The van der Waals surface area contributed by atoms with E-state index in [1.807, 2.05) is 0 Å². The average molecular weight is 1060 g/mol. The molecule has 8 atom stereocenters. The highest BCUT2D eigenvalue weighted by Gasteiger charge is 2.35. The van der Waals surface area contributed by atoms with Gasteiger partial charge in [0.2, 0.25) is 41.4 Å². The lowest BCUT2D eigenvalue weighted by Gasteiger charge is -2.27. The number of nitrogens with one attached hydrogen (secondary N) is 8. The van der Waals surface area contributed by atoms with Crippen LogP contribution in [-0.2, 0) is 65.6 Å². The van der Waals surface area contributed by atoms with Crippen LogP contribution in [-0.4, -0.2) is 163 Å². The van der Waals surface area contributed by atoms with Crippen molar-refractivity contribution < 1.29 is 78.3 Å². The number of nitrogens with two attached hydrogens (primary N) is 2. The van der Waals surface area contributed by atoms with E-state index in [2.05, 4.69) is 54.8 Å². The molecule has 1 aromatic heterocycles. The molecule has 3 aromatic rings. The molecule has 404 valence electrons. The molecule has 0 fully saturated rings. The number of carbonyl (C=O) groups is 11. The Kier molecular flexibility index (Phi) is 25.5. The number of carbonyl (C=O) groups excluding carboxylic acids is 7. The van der Waals surface area contributed by atoms with Crippen molar-refractivity contribution in [1.29, 1.82) is 0 Å². The molecule has 0 unspecified atom stereocenters. The Morgan fingerprint density at radius 3 is 1.49 bits per heavy atom. The van der Waals surface area contributed by atoms with Crippen LogP contribution in [0.25, 0.3) is 10.9 Å². The number of carboxylic acid groups (broad SMARTS) is 4. The van der Waals surface area contributed by atoms with Crippen molar-refractivity contribution in [3.8, 4) is 0 Å². The zero-order valence-electron chi connectivity index (χ0n) is 40.1. The number of aliphatic hydroxyl groups excluding tert-OH is 1. The third-order valence-corrected chi connectivity index (χ3v) is 11.8. The Bertz CT molecular complexity index is 2440. The first-order valence-corrected chi connectivity index (χ1v) is 24.1. The van der Waals surface area contributed by atoms with Gasteiger partial charge in [-0.2, -0.15) is 12.6 Å². The van der Waals surface area contributed by atoms with Gasteiger partial charge in [0.1, 0.15) is 42.3 Å². The van der Waals surface area contributed by atoms with Gasteiger partial charge in [0.25, 0.3) is 0 Å². The average Bonchev–Trinajstić information content (AvgIpc) is 3.77. The van der Waals surface area contributed by atoms with Gasteiger partial charge in [-0.05, 0) is 62.3 Å². The molecule has 27 heteroatoms. The molecule has 0 spiro atoms. The molecule has 0 radical (unpaired) electrons. The first kappa shape index (κ1) is 60.7. The van der Waals surface area contributed by atoms with E-state index < -0.39 is 158 Å². The van der Waals surface area contributed by atoms with Crippen LogP contribution in [0.4, 0.5) is 0 Å². The molecule has 0 aliphatic carbocycles. The molecule has 3 rings (SSSR count). The number of amides is 7. The normalized spacial score (nSPS) is 14.3. The molecule has 74 heavy (non-hydrogen) atoms. The van der Waals surface area contributed by atoms with Crippen LogP contribution >= 0.6 is 12.6 Å². The summed E-state index contributed by atoms with van der Waals surface area (Å²) in [6, 6.07) is 2.74. The van der Waals surface area contributed by atoms with Crippen LogP contribution in [0.3, 0.4) is 0 Å². The minimum atomic E-state index is -1.79. The molecular weight excluding hydrogens is 993 g/mol. The van der Waals surface area contributed by atoms with Crippen molar-refractivity contribution in [2.24, 2.45) is 11.5 Å². The van der Waals surface area contributed by atoms with E-state index in [9.17, 15) is 73.2 Å². The number of aromatic nitrogens is 1. The van der Waals surface area contributed by atoms with Crippen LogP contribution in [0.2, 0.25) is 0 Å². The fourth-order valence-corrected chi connectivity index (χ4v) is 7.58. The third-order valence-electron chi connectivity index (χ3n) is 11.4. The number of aromatic amines is 1. The van der Waals surface area contributed by atoms with Gasteiger partial charge in [0.05, 0.1) is 12.6 Å². The highest BCUT2D eigenvalue weighted by atomic mass is 32.1. The second-order valence-corrected chi connectivity index (χ2v) is 17.4. The fourth-order valence-electron chi connectivity index (χ4n) is 7.33.